The molecule has 0 spiro atoms. The van der Waals surface area contributed by atoms with E-state index in [4.69, 9.17) is 4.74 Å². The largest absolute Gasteiger partial charge is 0.497 e. The van der Waals surface area contributed by atoms with E-state index in [9.17, 15) is 9.18 Å². The minimum atomic E-state index is -0.377. The molecule has 0 bridgehead atoms. The first-order chi connectivity index (χ1) is 14.2. The van der Waals surface area contributed by atoms with E-state index in [0.717, 1.165) is 5.69 Å². The zero-order valence-corrected chi connectivity index (χ0v) is 15.7. The Labute approximate surface area is 167 Å². The summed E-state index contributed by atoms with van der Waals surface area (Å²) in [5.74, 6) is 0.427. The van der Waals surface area contributed by atoms with Crippen molar-refractivity contribution in [1.29, 1.82) is 0 Å². The average molecular weight is 387 g/mol. The summed E-state index contributed by atoms with van der Waals surface area (Å²) in [7, 11) is 1.57. The van der Waals surface area contributed by atoms with Crippen LogP contribution in [0.3, 0.4) is 0 Å². The van der Waals surface area contributed by atoms with E-state index in [-0.39, 0.29) is 11.7 Å². The normalized spacial score (nSPS) is 10.6. The second-order valence-corrected chi connectivity index (χ2v) is 6.32. The Kier molecular flexibility index (Phi) is 5.07. The number of methoxy groups -OCH3 is 1. The summed E-state index contributed by atoms with van der Waals surface area (Å²) in [4.78, 5) is 12.7. The number of ether oxygens (including phenoxy) is 1. The van der Waals surface area contributed by atoms with Crippen molar-refractivity contribution >= 4 is 11.7 Å². The van der Waals surface area contributed by atoms with E-state index in [1.165, 1.54) is 6.07 Å². The lowest BCUT2D eigenvalue weighted by Crippen LogP contribution is -2.15. The van der Waals surface area contributed by atoms with E-state index in [0.29, 0.717) is 28.4 Å². The van der Waals surface area contributed by atoms with Crippen molar-refractivity contribution in [3.05, 3.63) is 96.3 Å². The Morgan fingerprint density at radius 3 is 2.34 bits per heavy atom. The van der Waals surface area contributed by atoms with Gasteiger partial charge >= 0.3 is 0 Å². The first kappa shape index (κ1) is 18.4. The fourth-order valence-corrected chi connectivity index (χ4v) is 2.97. The number of anilines is 1. The molecule has 144 valence electrons. The molecule has 0 aliphatic heterocycles. The Hall–Kier alpha value is -3.93. The molecule has 5 nitrogen and oxygen atoms in total. The maximum Gasteiger partial charge on any atom is 0.256 e. The third-order valence-corrected chi connectivity index (χ3v) is 4.45. The molecule has 29 heavy (non-hydrogen) atoms. The predicted molar refractivity (Wildman–Crippen MR) is 110 cm³/mol. The van der Waals surface area contributed by atoms with Crippen LogP contribution in [0.5, 0.6) is 5.75 Å². The van der Waals surface area contributed by atoms with Gasteiger partial charge in [0.05, 0.1) is 18.5 Å². The van der Waals surface area contributed by atoms with Crippen molar-refractivity contribution in [3.8, 4) is 22.7 Å². The molecule has 0 fully saturated rings. The number of carbonyl (C=O) groups is 1. The van der Waals surface area contributed by atoms with Gasteiger partial charge in [-0.1, -0.05) is 30.3 Å². The molecule has 1 amide bonds. The van der Waals surface area contributed by atoms with Gasteiger partial charge in [-0.05, 0) is 48.5 Å². The maximum atomic E-state index is 14.3. The topological polar surface area (TPSA) is 56.1 Å². The molecule has 0 unspecified atom stereocenters. The van der Waals surface area contributed by atoms with Gasteiger partial charge < -0.3 is 10.1 Å². The van der Waals surface area contributed by atoms with E-state index < -0.39 is 0 Å². The number of halogens is 1. The van der Waals surface area contributed by atoms with Crippen molar-refractivity contribution in [3.63, 3.8) is 0 Å². The third kappa shape index (κ3) is 3.87. The van der Waals surface area contributed by atoms with Crippen LogP contribution in [0.4, 0.5) is 10.2 Å². The van der Waals surface area contributed by atoms with Gasteiger partial charge in [-0.15, -0.1) is 0 Å². The smallest absolute Gasteiger partial charge is 0.256 e. The first-order valence-corrected chi connectivity index (χ1v) is 9.01. The van der Waals surface area contributed by atoms with Gasteiger partial charge in [0.1, 0.15) is 17.4 Å². The molecule has 1 N–H and O–H groups in total. The van der Waals surface area contributed by atoms with Crippen molar-refractivity contribution in [2.75, 3.05) is 12.4 Å². The Bertz CT molecular complexity index is 1140. The van der Waals surface area contributed by atoms with Crippen LogP contribution in [-0.4, -0.2) is 22.8 Å². The highest BCUT2D eigenvalue weighted by atomic mass is 19.1. The molecule has 4 aromatic rings. The van der Waals surface area contributed by atoms with Crippen molar-refractivity contribution in [2.45, 2.75) is 0 Å². The van der Waals surface area contributed by atoms with E-state index in [1.807, 2.05) is 30.3 Å². The molecule has 0 aliphatic rings. The molecular weight excluding hydrogens is 369 g/mol. The zero-order chi connectivity index (χ0) is 20.2. The SMILES string of the molecule is COc1ccc(C(=O)Nc2cc(-c3ccccc3F)nn2-c2ccccc2)cc1. The molecule has 1 aromatic heterocycles. The molecule has 1 heterocycles. The monoisotopic (exact) mass is 387 g/mol. The molecule has 0 radical (unpaired) electrons. The van der Waals surface area contributed by atoms with Crippen LogP contribution in [0.2, 0.25) is 0 Å². The molecule has 6 heteroatoms. The van der Waals surface area contributed by atoms with Crippen molar-refractivity contribution in [1.82, 2.24) is 9.78 Å². The van der Waals surface area contributed by atoms with Gasteiger partial charge in [-0.2, -0.15) is 5.10 Å². The van der Waals surface area contributed by atoms with Gasteiger partial charge in [-0.3, -0.25) is 4.79 Å². The summed E-state index contributed by atoms with van der Waals surface area (Å²) in [5, 5.41) is 7.40. The van der Waals surface area contributed by atoms with Crippen molar-refractivity contribution in [2.24, 2.45) is 0 Å². The number of rotatable bonds is 5. The zero-order valence-electron chi connectivity index (χ0n) is 15.7. The van der Waals surface area contributed by atoms with Gasteiger partial charge in [0.15, 0.2) is 0 Å². The van der Waals surface area contributed by atoms with E-state index in [2.05, 4.69) is 10.4 Å². The van der Waals surface area contributed by atoms with Gasteiger partial charge in [0, 0.05) is 17.2 Å². The Morgan fingerprint density at radius 1 is 0.966 bits per heavy atom. The lowest BCUT2D eigenvalue weighted by molar-refractivity contribution is 0.102. The van der Waals surface area contributed by atoms with Crippen LogP contribution in [0.25, 0.3) is 16.9 Å². The summed E-state index contributed by atoms with van der Waals surface area (Å²) in [6, 6.07) is 24.2. The van der Waals surface area contributed by atoms with Crippen LogP contribution in [0.15, 0.2) is 84.9 Å². The van der Waals surface area contributed by atoms with Gasteiger partial charge in [-0.25, -0.2) is 9.07 Å². The quantitative estimate of drug-likeness (QED) is 0.528. The molecule has 3 aromatic carbocycles. The first-order valence-electron chi connectivity index (χ1n) is 9.01. The van der Waals surface area contributed by atoms with Crippen LogP contribution < -0.4 is 10.1 Å². The lowest BCUT2D eigenvalue weighted by Gasteiger charge is -2.09. The van der Waals surface area contributed by atoms with Gasteiger partial charge in [0.25, 0.3) is 5.91 Å². The van der Waals surface area contributed by atoms with Crippen molar-refractivity contribution < 1.29 is 13.9 Å². The number of benzene rings is 3. The second kappa shape index (κ2) is 7.98. The Morgan fingerprint density at radius 2 is 1.66 bits per heavy atom. The highest BCUT2D eigenvalue weighted by molar-refractivity contribution is 6.04. The second-order valence-electron chi connectivity index (χ2n) is 6.32. The van der Waals surface area contributed by atoms with Crippen LogP contribution >= 0.6 is 0 Å². The lowest BCUT2D eigenvalue weighted by atomic mass is 10.1. The standard InChI is InChI=1S/C23H18FN3O2/c1-29-18-13-11-16(12-14-18)23(28)25-22-15-21(19-9-5-6-10-20(19)24)26-27(22)17-7-3-2-4-8-17/h2-15H,1H3,(H,25,28). The minimum Gasteiger partial charge on any atom is -0.497 e. The number of amides is 1. The van der Waals surface area contributed by atoms with E-state index >= 15 is 0 Å². The number of hydrogen-bond donors (Lipinski definition) is 1. The van der Waals surface area contributed by atoms with Crippen LogP contribution in [0.1, 0.15) is 10.4 Å². The van der Waals surface area contributed by atoms with Crippen LogP contribution in [-0.2, 0) is 0 Å². The van der Waals surface area contributed by atoms with Crippen LogP contribution in [0, 0.1) is 5.82 Å². The number of hydrogen-bond acceptors (Lipinski definition) is 3. The number of nitrogens with zero attached hydrogens (tertiary/aromatic N) is 2. The molecule has 4 rings (SSSR count). The highest BCUT2D eigenvalue weighted by Crippen LogP contribution is 2.27. The number of nitrogens with one attached hydrogen (secondary N) is 1. The number of aromatic nitrogens is 2. The fourth-order valence-electron chi connectivity index (χ4n) is 2.97. The summed E-state index contributed by atoms with van der Waals surface area (Å²) in [5.41, 5.74) is 2.01. The Balaban J connectivity index is 1.72. The minimum absolute atomic E-state index is 0.301. The summed E-state index contributed by atoms with van der Waals surface area (Å²) < 4.78 is 21.0. The predicted octanol–water partition coefficient (Wildman–Crippen LogP) is 4.94. The van der Waals surface area contributed by atoms with Gasteiger partial charge in [0.2, 0.25) is 0 Å². The summed E-state index contributed by atoms with van der Waals surface area (Å²) in [6.45, 7) is 0. The number of para-hydroxylation sites is 1. The molecular formula is C23H18FN3O2. The maximum absolute atomic E-state index is 14.3. The molecule has 0 saturated carbocycles. The highest BCUT2D eigenvalue weighted by Gasteiger charge is 2.16. The number of carbonyl (C=O) groups excluding carboxylic acids is 1. The molecule has 0 aliphatic carbocycles. The molecule has 0 atom stereocenters. The molecule has 0 saturated heterocycles. The fraction of sp³-hybridized carbons (Fsp3) is 0.0435. The average Bonchev–Trinajstić information content (AvgIpc) is 3.18. The third-order valence-electron chi connectivity index (χ3n) is 4.45. The summed E-state index contributed by atoms with van der Waals surface area (Å²) >= 11 is 0. The summed E-state index contributed by atoms with van der Waals surface area (Å²) in [6.07, 6.45) is 0. The van der Waals surface area contributed by atoms with E-state index in [1.54, 1.807) is 60.3 Å².